The number of ketones is 1. The van der Waals surface area contributed by atoms with Crippen molar-refractivity contribution in [2.75, 3.05) is 26.2 Å². The van der Waals surface area contributed by atoms with Crippen molar-refractivity contribution in [2.24, 2.45) is 0 Å². The van der Waals surface area contributed by atoms with E-state index in [9.17, 15) is 9.59 Å². The van der Waals surface area contributed by atoms with Gasteiger partial charge in [-0.05, 0) is 53.4 Å². The van der Waals surface area contributed by atoms with Gasteiger partial charge in [-0.2, -0.15) is 0 Å². The molecule has 0 aliphatic carbocycles. The molecule has 0 radical (unpaired) electrons. The zero-order valence-corrected chi connectivity index (χ0v) is 30.2. The summed E-state index contributed by atoms with van der Waals surface area (Å²) >= 11 is 30.9. The van der Waals surface area contributed by atoms with E-state index in [1.54, 1.807) is 13.8 Å². The van der Waals surface area contributed by atoms with Crippen LogP contribution < -0.4 is 29.6 Å². The van der Waals surface area contributed by atoms with E-state index in [0.29, 0.717) is 4.32 Å². The fourth-order valence-electron chi connectivity index (χ4n) is 2.83. The van der Waals surface area contributed by atoms with Crippen LogP contribution in [-0.4, -0.2) is 70.5 Å². The van der Waals surface area contributed by atoms with Gasteiger partial charge >= 0.3 is 35.5 Å². The molecule has 0 spiro atoms. The maximum absolute atomic E-state index is 11.0. The van der Waals surface area contributed by atoms with Crippen molar-refractivity contribution in [3.8, 4) is 0 Å². The third kappa shape index (κ3) is 28.7. The molecule has 0 aromatic heterocycles. The Kier molecular flexibility index (Phi) is 33.3. The Hall–Kier alpha value is 1.65. The monoisotopic (exact) mass is 670 g/mol. The van der Waals surface area contributed by atoms with E-state index in [0.717, 1.165) is 43.3 Å². The molecule has 0 saturated carbocycles. The zero-order chi connectivity index (χ0) is 26.7. The number of thiocarbonyl (C=S) groups is 2. The number of thioether (sulfide) groups is 1. The maximum Gasteiger partial charge on any atom is 1.00 e. The second kappa shape index (κ2) is 26.9. The minimum Gasteiger partial charge on any atom is -0.480 e. The third-order valence-corrected chi connectivity index (χ3v) is 6.73. The number of hydrogen-bond donors (Lipinski definition) is 1. The fourth-order valence-corrected chi connectivity index (χ4v) is 4.84. The number of hydrogen-bond acceptors (Lipinski definition) is 6. The third-order valence-electron chi connectivity index (χ3n) is 4.59. The van der Waals surface area contributed by atoms with Gasteiger partial charge in [-0.1, -0.05) is 88.8 Å². The first-order valence-electron chi connectivity index (χ1n) is 11.3. The molecule has 208 valence electrons. The summed E-state index contributed by atoms with van der Waals surface area (Å²) in [7, 11) is 0. The molecule has 2 aliphatic heterocycles. The van der Waals surface area contributed by atoms with Crippen LogP contribution in [0.25, 0.3) is 0 Å². The summed E-state index contributed by atoms with van der Waals surface area (Å²) in [5.74, 6) is -0.644. The molecule has 5 nitrogen and oxygen atoms in total. The Morgan fingerprint density at radius 3 is 1.39 bits per heavy atom. The molecule has 2 aliphatic rings. The number of likely N-dealkylation sites (tertiary alicyclic amines) is 2. The van der Waals surface area contributed by atoms with E-state index < -0.39 is 15.0 Å². The predicted molar refractivity (Wildman–Crippen MR) is 167 cm³/mol. The summed E-state index contributed by atoms with van der Waals surface area (Å²) in [6.45, 7) is 10.6. The molecule has 1 N–H and O–H groups in total. The zero-order valence-electron chi connectivity index (χ0n) is 21.9. The molecule has 36 heavy (non-hydrogen) atoms. The number of nitrogens with zero attached hydrogens (tertiary/aromatic N) is 2. The first-order valence-corrected chi connectivity index (χ1v) is 14.6. The number of carbonyl (C=O) groups excluding carboxylic acids is 1. The van der Waals surface area contributed by atoms with E-state index in [2.05, 4.69) is 9.80 Å². The van der Waals surface area contributed by atoms with Crippen molar-refractivity contribution >= 4 is 116 Å². The van der Waals surface area contributed by atoms with Gasteiger partial charge in [-0.25, -0.2) is 0 Å². The Morgan fingerprint density at radius 1 is 0.861 bits per heavy atom. The molecule has 0 aromatic rings. The van der Waals surface area contributed by atoms with Crippen LogP contribution in [0.1, 0.15) is 79.1 Å². The summed E-state index contributed by atoms with van der Waals surface area (Å²) in [6.07, 6.45) is 10.0. The van der Waals surface area contributed by atoms with Crippen molar-refractivity contribution < 1.29 is 44.3 Å². The van der Waals surface area contributed by atoms with Gasteiger partial charge in [0, 0.05) is 26.2 Å². The number of carboxylic acids is 1. The van der Waals surface area contributed by atoms with Gasteiger partial charge in [-0.3, -0.25) is 4.79 Å². The molecule has 0 aromatic carbocycles. The quantitative estimate of drug-likeness (QED) is 0.199. The van der Waals surface area contributed by atoms with Gasteiger partial charge in [0.05, 0.1) is 0 Å². The van der Waals surface area contributed by atoms with Crippen molar-refractivity contribution in [1.29, 1.82) is 0 Å². The SMILES string of the molecule is CC(C)(SC(=S)N1CCCCCC1)C(=O)O.CC(C)=O.Cl.ClC(Cl)Cl.S=C([S-])N1CCCCCC1.[Na+]. The number of halogens is 4. The van der Waals surface area contributed by atoms with Crippen molar-refractivity contribution in [3.05, 3.63) is 0 Å². The number of carboxylic acid groups (broad SMARTS) is 1. The second-order valence-corrected chi connectivity index (χ2v) is 13.7. The summed E-state index contributed by atoms with van der Waals surface area (Å²) in [4.78, 5) is 24.7. The first kappa shape index (κ1) is 44.7. The van der Waals surface area contributed by atoms with Crippen molar-refractivity contribution in [3.63, 3.8) is 0 Å². The molecule has 2 fully saturated rings. The minimum atomic E-state index is -0.830. The smallest absolute Gasteiger partial charge is 0.480 e. The van der Waals surface area contributed by atoms with Crippen LogP contribution in [0.15, 0.2) is 0 Å². The molecule has 2 rings (SSSR count). The molecule has 2 saturated heterocycles. The van der Waals surface area contributed by atoms with Gasteiger partial charge in [0.2, 0.25) is 0 Å². The van der Waals surface area contributed by atoms with Crippen LogP contribution in [0.2, 0.25) is 0 Å². The first-order chi connectivity index (χ1) is 15.7. The van der Waals surface area contributed by atoms with Gasteiger partial charge in [0.1, 0.15) is 14.9 Å². The normalized spacial score (nSPS) is 15.3. The molecule has 0 unspecified atom stereocenters. The summed E-state index contributed by atoms with van der Waals surface area (Å²) in [5, 5.41) is 9.05. The summed E-state index contributed by atoms with van der Waals surface area (Å²) in [5.41, 5.74) is 0. The van der Waals surface area contributed by atoms with Gasteiger partial charge in [-0.15, -0.1) is 12.4 Å². The van der Waals surface area contributed by atoms with Crippen molar-refractivity contribution in [1.82, 2.24) is 9.80 Å². The van der Waals surface area contributed by atoms with Gasteiger partial charge in [0.15, 0.2) is 4.30 Å². The van der Waals surface area contributed by atoms with Crippen LogP contribution in [0, 0.1) is 0 Å². The van der Waals surface area contributed by atoms with Gasteiger partial charge in [0.25, 0.3) is 0 Å². The number of aliphatic carboxylic acids is 1. The van der Waals surface area contributed by atoms with E-state index in [1.807, 2.05) is 0 Å². The maximum atomic E-state index is 11.0. The molecular weight excluding hydrogens is 633 g/mol. The molecule has 2 heterocycles. The molecule has 0 atom stereocenters. The standard InChI is InChI=1S/C11H19NO2S2.C7H13NS2.C3H6O.CHCl3.ClH.Na/c1-11(2,9(13)14)16-10(15)12-7-5-3-4-6-8-12;9-7(10)8-5-3-1-2-4-6-8;1-3(2)4;2-1(3)4;;/h3-8H2,1-2H3,(H,13,14);1-6H2,(H,9,10);1-2H3;1H;1H;/q;;;;;+1/p-1. The van der Waals surface area contributed by atoms with E-state index in [4.69, 9.17) is 77.0 Å². The number of rotatable bonds is 2. The van der Waals surface area contributed by atoms with Crippen LogP contribution >= 0.6 is 83.4 Å². The Morgan fingerprint density at radius 2 is 1.14 bits per heavy atom. The average molecular weight is 673 g/mol. The van der Waals surface area contributed by atoms with Crippen LogP contribution in [0.4, 0.5) is 0 Å². The summed E-state index contributed by atoms with van der Waals surface area (Å²) < 4.78 is -0.195. The van der Waals surface area contributed by atoms with E-state index in [1.165, 1.54) is 64.1 Å². The fraction of sp³-hybridized carbons (Fsp3) is 0.818. The van der Waals surface area contributed by atoms with Crippen LogP contribution in [0.5, 0.6) is 0 Å². The van der Waals surface area contributed by atoms with Gasteiger partial charge < -0.3 is 44.5 Å². The van der Waals surface area contributed by atoms with E-state index in [-0.39, 0.29) is 47.7 Å². The van der Waals surface area contributed by atoms with Crippen LogP contribution in [-0.2, 0) is 22.2 Å². The predicted octanol–water partition coefficient (Wildman–Crippen LogP) is 4.45. The van der Waals surface area contributed by atoms with Crippen molar-refractivity contribution in [2.45, 2.75) is 88.1 Å². The topological polar surface area (TPSA) is 60.9 Å². The molecule has 0 amide bonds. The Labute approximate surface area is 282 Å². The minimum absolute atomic E-state index is 0. The van der Waals surface area contributed by atoms with Crippen LogP contribution in [0.3, 0.4) is 0 Å². The van der Waals surface area contributed by atoms with E-state index >= 15 is 0 Å². The number of carbonyl (C=O) groups is 2. The second-order valence-electron chi connectivity index (χ2n) is 8.41. The summed E-state index contributed by atoms with van der Waals surface area (Å²) in [6, 6.07) is 0. The number of Topliss-reactive ketones (excluding diaryl/α,β-unsaturated/α-hetero) is 1. The molecule has 14 heteroatoms. The molecule has 0 bridgehead atoms. The largest absolute Gasteiger partial charge is 1.00 e. The Bertz CT molecular complexity index is 613. The number of alkyl halides is 3. The Balaban J connectivity index is -0.000000220. The average Bonchev–Trinajstić information content (AvgIpc) is 3.13. The molecular formula is C22H39Cl4N2NaO3S4.